The fourth-order valence-electron chi connectivity index (χ4n) is 6.02. The highest BCUT2D eigenvalue weighted by molar-refractivity contribution is 7.89. The van der Waals surface area contributed by atoms with Gasteiger partial charge >= 0.3 is 0 Å². The zero-order valence-corrected chi connectivity index (χ0v) is 21.4. The molecule has 1 aromatic carbocycles. The monoisotopic (exact) mass is 509 g/mol. The molecule has 190 valence electrons. The minimum atomic E-state index is -3.54. The summed E-state index contributed by atoms with van der Waals surface area (Å²) in [5.74, 6) is 0.376. The van der Waals surface area contributed by atoms with Crippen LogP contribution in [0, 0.1) is 12.3 Å². The maximum atomic E-state index is 13.2. The van der Waals surface area contributed by atoms with Crippen molar-refractivity contribution in [1.29, 1.82) is 0 Å². The van der Waals surface area contributed by atoms with Crippen LogP contribution in [0.4, 0.5) is 11.6 Å². The Kier molecular flexibility index (Phi) is 5.66. The summed E-state index contributed by atoms with van der Waals surface area (Å²) >= 11 is 0. The number of hydrogen-bond acceptors (Lipinski definition) is 7. The molecule has 1 aliphatic heterocycles. The molecule has 1 spiro atoms. The first-order valence-corrected chi connectivity index (χ1v) is 14.0. The third kappa shape index (κ3) is 3.91. The molecule has 3 aliphatic rings. The molecule has 0 unspecified atom stereocenters. The van der Waals surface area contributed by atoms with Gasteiger partial charge < -0.3 is 10.1 Å². The lowest BCUT2D eigenvalue weighted by atomic mass is 9.63. The second kappa shape index (κ2) is 8.64. The number of pyridine rings is 1. The molecule has 0 bridgehead atoms. The van der Waals surface area contributed by atoms with Crippen LogP contribution in [-0.2, 0) is 14.8 Å². The molecule has 0 amide bonds. The standard InChI is InChI=1S/C26H31N5O4S/c1-17-11-21(36(33,34)30-15-26(16-30)12-20(13-26)35-2)8-9-22(17)28-25-27-14-18-7-10-23(32)31(24(18)29-25)19-5-3-4-6-19/h7-11,14,19-20H,3-6,12-13,15-16H2,1-2H3,(H,27,28,29). The van der Waals surface area contributed by atoms with Gasteiger partial charge in [0, 0.05) is 55.0 Å². The number of sulfonamides is 1. The first-order valence-electron chi connectivity index (χ1n) is 12.6. The van der Waals surface area contributed by atoms with Crippen molar-refractivity contribution >= 4 is 32.7 Å². The normalized spacial score (nSPS) is 20.5. The Morgan fingerprint density at radius 1 is 1.11 bits per heavy atom. The summed E-state index contributed by atoms with van der Waals surface area (Å²) in [4.78, 5) is 22.1. The van der Waals surface area contributed by atoms with Crippen LogP contribution < -0.4 is 10.9 Å². The van der Waals surface area contributed by atoms with Crippen molar-refractivity contribution in [3.8, 4) is 0 Å². The summed E-state index contributed by atoms with van der Waals surface area (Å²) in [6, 6.07) is 8.58. The Hall–Kier alpha value is -2.82. The number of ether oxygens (including phenoxy) is 1. The molecule has 9 nitrogen and oxygen atoms in total. The van der Waals surface area contributed by atoms with Gasteiger partial charge in [0.1, 0.15) is 5.65 Å². The van der Waals surface area contributed by atoms with Crippen molar-refractivity contribution in [2.45, 2.75) is 62.5 Å². The molecule has 1 N–H and O–H groups in total. The lowest BCUT2D eigenvalue weighted by Gasteiger charge is -2.57. The van der Waals surface area contributed by atoms with E-state index in [1.165, 1.54) is 0 Å². The van der Waals surface area contributed by atoms with E-state index in [9.17, 15) is 13.2 Å². The number of methoxy groups -OCH3 is 1. The molecule has 36 heavy (non-hydrogen) atoms. The summed E-state index contributed by atoms with van der Waals surface area (Å²) in [6.07, 6.45) is 8.02. The molecule has 3 aromatic rings. The number of hydrogen-bond donors (Lipinski definition) is 1. The number of benzene rings is 1. The van der Waals surface area contributed by atoms with Crippen molar-refractivity contribution in [2.75, 3.05) is 25.5 Å². The molecule has 2 aromatic heterocycles. The summed E-state index contributed by atoms with van der Waals surface area (Å²) < 4.78 is 35.1. The molecule has 2 saturated carbocycles. The number of aromatic nitrogens is 3. The second-order valence-electron chi connectivity index (χ2n) is 10.6. The maximum Gasteiger partial charge on any atom is 0.252 e. The Morgan fingerprint density at radius 2 is 1.86 bits per heavy atom. The average molecular weight is 510 g/mol. The number of nitrogens with zero attached hydrogens (tertiary/aromatic N) is 4. The van der Waals surface area contributed by atoms with Gasteiger partial charge in [-0.25, -0.2) is 13.4 Å². The third-order valence-electron chi connectivity index (χ3n) is 8.12. The number of aryl methyl sites for hydroxylation is 1. The molecule has 10 heteroatoms. The molecule has 0 atom stereocenters. The Balaban J connectivity index is 1.22. The quantitative estimate of drug-likeness (QED) is 0.539. The van der Waals surface area contributed by atoms with Crippen molar-refractivity contribution in [3.63, 3.8) is 0 Å². The van der Waals surface area contributed by atoms with Crippen LogP contribution >= 0.6 is 0 Å². The first kappa shape index (κ1) is 23.6. The molecular weight excluding hydrogens is 478 g/mol. The van der Waals surface area contributed by atoms with Crippen LogP contribution in [0.2, 0.25) is 0 Å². The van der Waals surface area contributed by atoms with Crippen molar-refractivity contribution in [2.24, 2.45) is 5.41 Å². The minimum absolute atomic E-state index is 0.0443. The topological polar surface area (TPSA) is 106 Å². The van der Waals surface area contributed by atoms with Gasteiger partial charge in [0.05, 0.1) is 11.0 Å². The van der Waals surface area contributed by atoms with Gasteiger partial charge in [-0.2, -0.15) is 9.29 Å². The number of nitrogens with one attached hydrogen (secondary N) is 1. The Bertz CT molecular complexity index is 1480. The first-order chi connectivity index (χ1) is 17.3. The van der Waals surface area contributed by atoms with E-state index in [1.54, 1.807) is 52.5 Å². The van der Waals surface area contributed by atoms with Gasteiger partial charge in [0.15, 0.2) is 0 Å². The predicted molar refractivity (Wildman–Crippen MR) is 137 cm³/mol. The molecule has 2 aliphatic carbocycles. The van der Waals surface area contributed by atoms with Gasteiger partial charge in [0.25, 0.3) is 5.56 Å². The van der Waals surface area contributed by atoms with Crippen molar-refractivity contribution in [1.82, 2.24) is 18.8 Å². The number of fused-ring (bicyclic) bond motifs is 1. The van der Waals surface area contributed by atoms with Crippen LogP contribution in [0.3, 0.4) is 0 Å². The van der Waals surface area contributed by atoms with Crippen LogP contribution in [0.5, 0.6) is 0 Å². The smallest absolute Gasteiger partial charge is 0.252 e. The van der Waals surface area contributed by atoms with Crippen LogP contribution in [0.1, 0.15) is 50.1 Å². The fourth-order valence-corrected chi connectivity index (χ4v) is 7.77. The molecule has 1 saturated heterocycles. The summed E-state index contributed by atoms with van der Waals surface area (Å²) in [5, 5.41) is 4.04. The summed E-state index contributed by atoms with van der Waals surface area (Å²) in [5.41, 5.74) is 2.18. The predicted octanol–water partition coefficient (Wildman–Crippen LogP) is 3.76. The lowest BCUT2D eigenvalue weighted by Crippen LogP contribution is -2.65. The highest BCUT2D eigenvalue weighted by atomic mass is 32.2. The average Bonchev–Trinajstić information content (AvgIpc) is 3.33. The zero-order valence-electron chi connectivity index (χ0n) is 20.6. The van der Waals surface area contributed by atoms with Crippen LogP contribution in [0.25, 0.3) is 11.0 Å². The Morgan fingerprint density at radius 3 is 2.56 bits per heavy atom. The van der Waals surface area contributed by atoms with Gasteiger partial charge in [-0.3, -0.25) is 9.36 Å². The molecule has 6 rings (SSSR count). The van der Waals surface area contributed by atoms with Gasteiger partial charge in [-0.15, -0.1) is 0 Å². The zero-order chi connectivity index (χ0) is 25.1. The fraction of sp³-hybridized carbons (Fsp3) is 0.500. The van der Waals surface area contributed by atoms with E-state index in [4.69, 9.17) is 4.74 Å². The summed E-state index contributed by atoms with van der Waals surface area (Å²) in [6.45, 7) is 2.98. The van der Waals surface area contributed by atoms with Crippen LogP contribution in [0.15, 0.2) is 46.2 Å². The third-order valence-corrected chi connectivity index (χ3v) is 9.90. The van der Waals surface area contributed by atoms with E-state index in [-0.39, 0.29) is 28.0 Å². The van der Waals surface area contributed by atoms with Gasteiger partial charge in [0.2, 0.25) is 16.0 Å². The van der Waals surface area contributed by atoms with Gasteiger partial charge in [-0.1, -0.05) is 12.8 Å². The Labute approximate surface area is 210 Å². The second-order valence-corrected chi connectivity index (χ2v) is 12.5. The largest absolute Gasteiger partial charge is 0.381 e. The SMILES string of the molecule is COC1CC2(C1)CN(S(=O)(=O)c1ccc(Nc3ncc4ccc(=O)n(C5CCCC5)c4n3)c(C)c1)C2. The lowest BCUT2D eigenvalue weighted by molar-refractivity contribution is -0.114. The van der Waals surface area contributed by atoms with E-state index in [0.29, 0.717) is 24.7 Å². The minimum Gasteiger partial charge on any atom is -0.381 e. The van der Waals surface area contributed by atoms with E-state index in [1.807, 2.05) is 6.92 Å². The highest BCUT2D eigenvalue weighted by Crippen LogP contribution is 2.51. The number of rotatable bonds is 6. The molecule has 3 heterocycles. The van der Waals surface area contributed by atoms with E-state index in [0.717, 1.165) is 55.2 Å². The van der Waals surface area contributed by atoms with Gasteiger partial charge in [-0.05, 0) is 62.4 Å². The maximum absolute atomic E-state index is 13.2. The number of anilines is 2. The van der Waals surface area contributed by atoms with E-state index in [2.05, 4.69) is 15.3 Å². The van der Waals surface area contributed by atoms with E-state index >= 15 is 0 Å². The van der Waals surface area contributed by atoms with E-state index < -0.39 is 10.0 Å². The molecule has 3 fully saturated rings. The van der Waals surface area contributed by atoms with Crippen molar-refractivity contribution in [3.05, 3.63) is 52.4 Å². The summed E-state index contributed by atoms with van der Waals surface area (Å²) in [7, 11) is -1.83. The highest BCUT2D eigenvalue weighted by Gasteiger charge is 2.55. The van der Waals surface area contributed by atoms with Crippen molar-refractivity contribution < 1.29 is 13.2 Å². The molecular formula is C26H31N5O4S. The van der Waals surface area contributed by atoms with Crippen LogP contribution in [-0.4, -0.2) is 53.6 Å². The molecule has 0 radical (unpaired) electrons.